The van der Waals surface area contributed by atoms with Crippen molar-refractivity contribution in [1.29, 1.82) is 0 Å². The lowest BCUT2D eigenvalue weighted by molar-refractivity contribution is -0.163. The summed E-state index contributed by atoms with van der Waals surface area (Å²) in [6.45, 7) is 10.3. The highest BCUT2D eigenvalue weighted by Gasteiger charge is 2.56. The van der Waals surface area contributed by atoms with Crippen LogP contribution in [0.1, 0.15) is 25.8 Å². The zero-order chi connectivity index (χ0) is 18.0. The number of rotatable bonds is 6. The minimum Gasteiger partial charge on any atom is -0.469 e. The Morgan fingerprint density at radius 2 is 1.75 bits per heavy atom. The molecule has 0 radical (unpaired) electrons. The predicted octanol–water partition coefficient (Wildman–Crippen LogP) is 4.82. The molecule has 1 aliphatic carbocycles. The summed E-state index contributed by atoms with van der Waals surface area (Å²) in [5.41, 5.74) is 0.403. The molecule has 2 rings (SSSR count). The van der Waals surface area contributed by atoms with E-state index < -0.39 is 19.3 Å². The monoisotopic (exact) mass is 344 g/mol. The zero-order valence-electron chi connectivity index (χ0n) is 15.6. The maximum Gasteiger partial charge on any atom is 0.314 e. The van der Waals surface area contributed by atoms with Gasteiger partial charge < -0.3 is 9.16 Å². The topological polar surface area (TPSA) is 35.5 Å². The normalized spacial score (nSPS) is 17.3. The maximum atomic E-state index is 12.8. The first-order valence-electron chi connectivity index (χ1n) is 8.35. The van der Waals surface area contributed by atoms with Crippen molar-refractivity contribution in [3.05, 3.63) is 59.7 Å². The molecule has 1 atom stereocenters. The molecule has 1 unspecified atom stereocenters. The summed E-state index contributed by atoms with van der Waals surface area (Å²) < 4.78 is 12.0. The summed E-state index contributed by atoms with van der Waals surface area (Å²) in [5, 5.41) is 0. The molecule has 3 nitrogen and oxygen atoms in total. The molecule has 0 spiro atoms. The molecule has 0 saturated carbocycles. The molecule has 0 saturated heterocycles. The van der Waals surface area contributed by atoms with E-state index in [1.54, 1.807) is 0 Å². The van der Waals surface area contributed by atoms with Crippen LogP contribution in [0.25, 0.3) is 0 Å². The van der Waals surface area contributed by atoms with Gasteiger partial charge in [0.2, 0.25) is 0 Å². The van der Waals surface area contributed by atoms with Crippen LogP contribution in [0.4, 0.5) is 0 Å². The van der Waals surface area contributed by atoms with Crippen molar-refractivity contribution in [3.8, 4) is 0 Å². The van der Waals surface area contributed by atoms with Crippen molar-refractivity contribution < 1.29 is 14.0 Å². The molecule has 0 bridgehead atoms. The van der Waals surface area contributed by atoms with Gasteiger partial charge in [0.05, 0.1) is 12.5 Å². The fraction of sp³-hybridized carbons (Fsp3) is 0.450. The van der Waals surface area contributed by atoms with Crippen LogP contribution in [0.3, 0.4) is 0 Å². The third-order valence-electron chi connectivity index (χ3n) is 4.44. The molecule has 1 aliphatic rings. The average Bonchev–Trinajstić information content (AvgIpc) is 3.06. The van der Waals surface area contributed by atoms with Crippen molar-refractivity contribution in [2.24, 2.45) is 5.41 Å². The van der Waals surface area contributed by atoms with Crippen LogP contribution < -0.4 is 0 Å². The van der Waals surface area contributed by atoms with E-state index in [0.717, 1.165) is 17.6 Å². The Labute approximate surface area is 146 Å². The van der Waals surface area contributed by atoms with E-state index in [2.05, 4.69) is 31.8 Å². The number of carbonyl (C=O) groups excluding carboxylic acids is 1. The molecule has 0 aliphatic heterocycles. The Morgan fingerprint density at radius 1 is 1.12 bits per heavy atom. The molecule has 1 aromatic carbocycles. The molecule has 0 N–H and O–H groups in total. The summed E-state index contributed by atoms with van der Waals surface area (Å²) in [4.78, 5) is 12.8. The van der Waals surface area contributed by atoms with Gasteiger partial charge in [0, 0.05) is 0 Å². The van der Waals surface area contributed by atoms with Crippen LogP contribution >= 0.6 is 0 Å². The van der Waals surface area contributed by atoms with Crippen LogP contribution in [0.2, 0.25) is 19.6 Å². The average molecular weight is 345 g/mol. The van der Waals surface area contributed by atoms with Gasteiger partial charge in [-0.25, -0.2) is 0 Å². The Balaban J connectivity index is 2.76. The lowest BCUT2D eigenvalue weighted by atomic mass is 9.66. The van der Waals surface area contributed by atoms with Gasteiger partial charge in [0.15, 0.2) is 8.32 Å². The minimum atomic E-state index is -1.99. The first-order chi connectivity index (χ1) is 11.1. The van der Waals surface area contributed by atoms with Crippen molar-refractivity contribution in [2.75, 3.05) is 7.11 Å². The van der Waals surface area contributed by atoms with Gasteiger partial charge in [-0.05, 0) is 51.0 Å². The van der Waals surface area contributed by atoms with Crippen LogP contribution in [0, 0.1) is 5.41 Å². The van der Waals surface area contributed by atoms with E-state index in [0.29, 0.717) is 0 Å². The second-order valence-corrected chi connectivity index (χ2v) is 12.1. The summed E-state index contributed by atoms with van der Waals surface area (Å²) in [7, 11) is -0.548. The van der Waals surface area contributed by atoms with E-state index >= 15 is 0 Å². The number of esters is 1. The molecule has 1 aromatic rings. The van der Waals surface area contributed by atoms with Crippen LogP contribution in [0.15, 0.2) is 54.1 Å². The molecular weight excluding hydrogens is 316 g/mol. The van der Waals surface area contributed by atoms with Gasteiger partial charge in [-0.3, -0.25) is 4.79 Å². The van der Waals surface area contributed by atoms with Gasteiger partial charge in [0.1, 0.15) is 5.60 Å². The van der Waals surface area contributed by atoms with E-state index in [1.165, 1.54) is 7.11 Å². The first kappa shape index (κ1) is 18.7. The fourth-order valence-corrected chi connectivity index (χ4v) is 4.86. The number of benzene rings is 1. The smallest absolute Gasteiger partial charge is 0.314 e. The Hall–Kier alpha value is -1.65. The third-order valence-corrected chi connectivity index (χ3v) is 5.36. The Morgan fingerprint density at radius 3 is 2.21 bits per heavy atom. The molecular formula is C20H28O3Si. The number of hydrogen-bond acceptors (Lipinski definition) is 3. The van der Waals surface area contributed by atoms with E-state index in [-0.39, 0.29) is 5.97 Å². The van der Waals surface area contributed by atoms with Crippen LogP contribution in [0.5, 0.6) is 0 Å². The molecule has 24 heavy (non-hydrogen) atoms. The largest absolute Gasteiger partial charge is 0.469 e. The quantitative estimate of drug-likeness (QED) is 0.548. The third kappa shape index (κ3) is 3.26. The summed E-state index contributed by atoms with van der Waals surface area (Å²) in [6.07, 6.45) is 7.00. The van der Waals surface area contributed by atoms with Crippen molar-refractivity contribution in [2.45, 2.75) is 45.5 Å². The summed E-state index contributed by atoms with van der Waals surface area (Å²) in [6, 6.07) is 10.1. The van der Waals surface area contributed by atoms with Crippen molar-refractivity contribution in [3.63, 3.8) is 0 Å². The molecule has 4 heteroatoms. The van der Waals surface area contributed by atoms with E-state index in [1.807, 2.05) is 50.3 Å². The number of ether oxygens (including phenoxy) is 1. The van der Waals surface area contributed by atoms with Crippen LogP contribution in [-0.2, 0) is 19.6 Å². The second kappa shape index (κ2) is 6.69. The minimum absolute atomic E-state index is 0.266. The number of hydrogen-bond donors (Lipinski definition) is 0. The fourth-order valence-electron chi connectivity index (χ4n) is 3.44. The Bertz CT molecular complexity index is 653. The lowest BCUT2D eigenvalue weighted by Gasteiger charge is -2.49. The Kier molecular flexibility index (Phi) is 5.21. The molecule has 0 aromatic heterocycles. The molecule has 0 amide bonds. The molecule has 130 valence electrons. The van der Waals surface area contributed by atoms with Gasteiger partial charge in [0.25, 0.3) is 0 Å². The first-order valence-corrected chi connectivity index (χ1v) is 11.8. The predicted molar refractivity (Wildman–Crippen MR) is 100 cm³/mol. The van der Waals surface area contributed by atoms with Crippen molar-refractivity contribution >= 4 is 14.3 Å². The maximum absolute atomic E-state index is 12.8. The van der Waals surface area contributed by atoms with Crippen molar-refractivity contribution in [1.82, 2.24) is 0 Å². The van der Waals surface area contributed by atoms with Crippen LogP contribution in [-0.4, -0.2) is 21.4 Å². The van der Waals surface area contributed by atoms with Gasteiger partial charge in [-0.1, -0.05) is 48.6 Å². The second-order valence-electron chi connectivity index (χ2n) is 7.70. The summed E-state index contributed by atoms with van der Waals surface area (Å²) in [5.74, 6) is -0.266. The number of carbonyl (C=O) groups is 1. The SMILES string of the molecule is COC(=O)C(C)(C)C(O[Si](C)(C)C)(C1=CC=CC1)c1ccccc1. The van der Waals surface area contributed by atoms with Gasteiger partial charge in [-0.15, -0.1) is 0 Å². The standard InChI is InChI=1S/C20H28O3Si/c1-19(2,18(21)22-3)20(23-24(4,5)6,17-14-10-11-15-17)16-12-8-7-9-13-16/h7-14H,15H2,1-6H3. The molecule has 0 heterocycles. The summed E-state index contributed by atoms with van der Waals surface area (Å²) >= 11 is 0. The van der Waals surface area contributed by atoms with Gasteiger partial charge in [-0.2, -0.15) is 0 Å². The highest BCUT2D eigenvalue weighted by molar-refractivity contribution is 6.69. The number of methoxy groups -OCH3 is 1. The molecule has 0 fully saturated rings. The number of allylic oxidation sites excluding steroid dienone is 3. The van der Waals surface area contributed by atoms with E-state index in [9.17, 15) is 4.79 Å². The highest BCUT2D eigenvalue weighted by atomic mass is 28.4. The lowest BCUT2D eigenvalue weighted by Crippen LogP contribution is -2.55. The van der Waals surface area contributed by atoms with E-state index in [4.69, 9.17) is 9.16 Å². The highest BCUT2D eigenvalue weighted by Crippen LogP contribution is 2.52. The zero-order valence-corrected chi connectivity index (χ0v) is 16.6. The van der Waals surface area contributed by atoms with Gasteiger partial charge >= 0.3 is 5.97 Å².